The van der Waals surface area contributed by atoms with E-state index in [0.29, 0.717) is 22.9 Å². The number of benzene rings is 2. The van der Waals surface area contributed by atoms with E-state index in [0.717, 1.165) is 5.69 Å². The summed E-state index contributed by atoms with van der Waals surface area (Å²) in [6, 6.07) is 12.4. The number of rotatable bonds is 6. The molecule has 0 unspecified atom stereocenters. The van der Waals surface area contributed by atoms with Gasteiger partial charge in [0, 0.05) is 6.07 Å². The number of methoxy groups -OCH3 is 2. The molecule has 150 valence electrons. The lowest BCUT2D eigenvalue weighted by Gasteiger charge is -2.13. The second kappa shape index (κ2) is 8.36. The van der Waals surface area contributed by atoms with Crippen LogP contribution in [0.15, 0.2) is 42.5 Å². The highest BCUT2D eigenvalue weighted by Gasteiger charge is 2.26. The summed E-state index contributed by atoms with van der Waals surface area (Å²) in [4.78, 5) is 25.5. The van der Waals surface area contributed by atoms with Crippen LogP contribution in [-0.2, 0) is 4.79 Å². The van der Waals surface area contributed by atoms with Crippen molar-refractivity contribution in [3.8, 4) is 17.2 Å². The SMILES string of the molecule is COc1cc(OC)c(NC(=O)C(=O)c2c(C)nn(-c3ccccc3)c2C)cc1Cl. The Labute approximate surface area is 173 Å². The van der Waals surface area contributed by atoms with Crippen molar-refractivity contribution in [1.29, 1.82) is 0 Å². The standard InChI is InChI=1S/C21H20ClN3O4/c1-12-19(13(2)25(24-12)14-8-6-5-7-9-14)20(26)21(27)23-16-10-15(22)17(28-3)11-18(16)29-4/h5-11H,1-4H3,(H,23,27). The third kappa shape index (κ3) is 3.95. The molecule has 1 aromatic heterocycles. The van der Waals surface area contributed by atoms with Crippen LogP contribution in [0.4, 0.5) is 5.69 Å². The zero-order valence-electron chi connectivity index (χ0n) is 16.4. The van der Waals surface area contributed by atoms with Gasteiger partial charge in [-0.05, 0) is 32.0 Å². The van der Waals surface area contributed by atoms with E-state index in [1.165, 1.54) is 26.4 Å². The largest absolute Gasteiger partial charge is 0.495 e. The number of halogens is 1. The highest BCUT2D eigenvalue weighted by molar-refractivity contribution is 6.47. The van der Waals surface area contributed by atoms with Crippen LogP contribution in [0.2, 0.25) is 5.02 Å². The number of nitrogens with zero attached hydrogens (tertiary/aromatic N) is 2. The average molecular weight is 414 g/mol. The van der Waals surface area contributed by atoms with Gasteiger partial charge in [0.15, 0.2) is 0 Å². The first-order valence-electron chi connectivity index (χ1n) is 8.76. The molecule has 7 nitrogen and oxygen atoms in total. The molecule has 0 aliphatic carbocycles. The smallest absolute Gasteiger partial charge is 0.297 e. The van der Waals surface area contributed by atoms with Crippen molar-refractivity contribution in [2.24, 2.45) is 0 Å². The summed E-state index contributed by atoms with van der Waals surface area (Å²) >= 11 is 6.13. The Kier molecular flexibility index (Phi) is 5.89. The zero-order valence-corrected chi connectivity index (χ0v) is 17.2. The third-order valence-corrected chi connectivity index (χ3v) is 4.74. The monoisotopic (exact) mass is 413 g/mol. The first-order chi connectivity index (χ1) is 13.9. The molecular formula is C21H20ClN3O4. The fourth-order valence-electron chi connectivity index (χ4n) is 3.04. The third-order valence-electron chi connectivity index (χ3n) is 4.45. The number of ketones is 1. The molecule has 1 amide bonds. The van der Waals surface area contributed by atoms with Crippen molar-refractivity contribution >= 4 is 29.0 Å². The number of aromatic nitrogens is 2. The number of ether oxygens (including phenoxy) is 2. The predicted molar refractivity (Wildman–Crippen MR) is 111 cm³/mol. The molecule has 0 saturated carbocycles. The maximum atomic E-state index is 12.9. The van der Waals surface area contributed by atoms with Gasteiger partial charge in [0.2, 0.25) is 0 Å². The van der Waals surface area contributed by atoms with Gasteiger partial charge < -0.3 is 14.8 Å². The van der Waals surface area contributed by atoms with Crippen molar-refractivity contribution in [1.82, 2.24) is 9.78 Å². The Morgan fingerprint density at radius 1 is 1.03 bits per heavy atom. The van der Waals surface area contributed by atoms with Crippen molar-refractivity contribution < 1.29 is 19.1 Å². The molecular weight excluding hydrogens is 394 g/mol. The molecule has 3 rings (SSSR count). The Balaban J connectivity index is 1.91. The minimum atomic E-state index is -0.816. The van der Waals surface area contributed by atoms with Crippen LogP contribution in [0.3, 0.4) is 0 Å². The maximum absolute atomic E-state index is 12.9. The van der Waals surface area contributed by atoms with Gasteiger partial charge in [0.25, 0.3) is 11.7 Å². The van der Waals surface area contributed by atoms with Crippen LogP contribution in [-0.4, -0.2) is 35.7 Å². The quantitative estimate of drug-likeness (QED) is 0.488. The average Bonchev–Trinajstić information content (AvgIpc) is 3.02. The van der Waals surface area contributed by atoms with Crippen molar-refractivity contribution in [3.63, 3.8) is 0 Å². The summed E-state index contributed by atoms with van der Waals surface area (Å²) < 4.78 is 12.0. The Morgan fingerprint density at radius 2 is 1.69 bits per heavy atom. The van der Waals surface area contributed by atoms with Crippen LogP contribution in [0, 0.1) is 13.8 Å². The summed E-state index contributed by atoms with van der Waals surface area (Å²) in [5, 5.41) is 7.26. The van der Waals surface area contributed by atoms with Gasteiger partial charge in [0.05, 0.1) is 47.6 Å². The van der Waals surface area contributed by atoms with Crippen LogP contribution in [0.1, 0.15) is 21.7 Å². The molecule has 1 heterocycles. The summed E-state index contributed by atoms with van der Waals surface area (Å²) in [7, 11) is 2.91. The van der Waals surface area contributed by atoms with Gasteiger partial charge in [0.1, 0.15) is 11.5 Å². The second-order valence-corrected chi connectivity index (χ2v) is 6.67. The number of anilines is 1. The number of hydrogen-bond donors (Lipinski definition) is 1. The molecule has 0 saturated heterocycles. The van der Waals surface area contributed by atoms with E-state index in [1.807, 2.05) is 30.3 Å². The van der Waals surface area contributed by atoms with E-state index in [-0.39, 0.29) is 16.3 Å². The molecule has 1 N–H and O–H groups in total. The number of amides is 1. The van der Waals surface area contributed by atoms with Crippen LogP contribution in [0.5, 0.6) is 11.5 Å². The van der Waals surface area contributed by atoms with Gasteiger partial charge in [-0.2, -0.15) is 5.10 Å². The highest BCUT2D eigenvalue weighted by atomic mass is 35.5. The highest BCUT2D eigenvalue weighted by Crippen LogP contribution is 2.36. The molecule has 0 spiro atoms. The fourth-order valence-corrected chi connectivity index (χ4v) is 3.28. The minimum absolute atomic E-state index is 0.255. The fraction of sp³-hybridized carbons (Fsp3) is 0.190. The number of hydrogen-bond acceptors (Lipinski definition) is 5. The van der Waals surface area contributed by atoms with E-state index in [9.17, 15) is 9.59 Å². The number of carbonyl (C=O) groups is 2. The maximum Gasteiger partial charge on any atom is 0.297 e. The van der Waals surface area contributed by atoms with E-state index >= 15 is 0 Å². The number of nitrogens with one attached hydrogen (secondary N) is 1. The minimum Gasteiger partial charge on any atom is -0.495 e. The van der Waals surface area contributed by atoms with Gasteiger partial charge in [-0.1, -0.05) is 29.8 Å². The van der Waals surface area contributed by atoms with Crippen molar-refractivity contribution in [3.05, 3.63) is 64.4 Å². The zero-order chi connectivity index (χ0) is 21.1. The van der Waals surface area contributed by atoms with Gasteiger partial charge in [-0.25, -0.2) is 4.68 Å². The Bertz CT molecular complexity index is 1080. The van der Waals surface area contributed by atoms with E-state index in [1.54, 1.807) is 18.5 Å². The molecule has 2 aromatic carbocycles. The van der Waals surface area contributed by atoms with Crippen molar-refractivity contribution in [2.45, 2.75) is 13.8 Å². The molecule has 0 atom stereocenters. The topological polar surface area (TPSA) is 82.4 Å². The van der Waals surface area contributed by atoms with Crippen LogP contribution >= 0.6 is 11.6 Å². The molecule has 0 aliphatic rings. The predicted octanol–water partition coefficient (Wildman–Crippen LogP) is 3.98. The first kappa shape index (κ1) is 20.4. The molecule has 0 fully saturated rings. The van der Waals surface area contributed by atoms with Gasteiger partial charge >= 0.3 is 0 Å². The molecule has 29 heavy (non-hydrogen) atoms. The summed E-state index contributed by atoms with van der Waals surface area (Å²) in [5.74, 6) is -0.802. The molecule has 8 heteroatoms. The Morgan fingerprint density at radius 3 is 2.31 bits per heavy atom. The molecule has 0 bridgehead atoms. The van der Waals surface area contributed by atoms with Crippen LogP contribution in [0.25, 0.3) is 5.69 Å². The second-order valence-electron chi connectivity index (χ2n) is 6.26. The van der Waals surface area contributed by atoms with E-state index in [2.05, 4.69) is 10.4 Å². The number of para-hydroxylation sites is 1. The summed E-state index contributed by atoms with van der Waals surface area (Å²) in [5.41, 5.74) is 2.36. The molecule has 0 radical (unpaired) electrons. The molecule has 3 aromatic rings. The summed E-state index contributed by atoms with van der Waals surface area (Å²) in [6.45, 7) is 3.44. The van der Waals surface area contributed by atoms with Crippen LogP contribution < -0.4 is 14.8 Å². The lowest BCUT2D eigenvalue weighted by molar-refractivity contribution is -0.112. The Hall–Kier alpha value is -3.32. The van der Waals surface area contributed by atoms with E-state index in [4.69, 9.17) is 21.1 Å². The van der Waals surface area contributed by atoms with Gasteiger partial charge in [-0.15, -0.1) is 0 Å². The normalized spacial score (nSPS) is 10.5. The lowest BCUT2D eigenvalue weighted by Crippen LogP contribution is -2.24. The van der Waals surface area contributed by atoms with Gasteiger partial charge in [-0.3, -0.25) is 9.59 Å². The number of carbonyl (C=O) groups excluding carboxylic acids is 2. The first-order valence-corrected chi connectivity index (χ1v) is 9.14. The van der Waals surface area contributed by atoms with E-state index < -0.39 is 11.7 Å². The molecule has 0 aliphatic heterocycles. The number of Topliss-reactive ketones (excluding diaryl/α,β-unsaturated/α-hetero) is 1. The van der Waals surface area contributed by atoms with Crippen molar-refractivity contribution in [2.75, 3.05) is 19.5 Å². The summed E-state index contributed by atoms with van der Waals surface area (Å²) in [6.07, 6.45) is 0. The number of aryl methyl sites for hydroxylation is 1. The lowest BCUT2D eigenvalue weighted by atomic mass is 10.1.